The molecule has 18 nitrogen and oxygen atoms in total. The molecule has 4 heterocycles. The summed E-state index contributed by atoms with van der Waals surface area (Å²) in [5.41, 5.74) is 3.56. The summed E-state index contributed by atoms with van der Waals surface area (Å²) >= 11 is 3.31. The van der Waals surface area contributed by atoms with Crippen LogP contribution >= 0.6 is 34.9 Å². The van der Waals surface area contributed by atoms with Gasteiger partial charge in [0.15, 0.2) is 21.6 Å². The van der Waals surface area contributed by atoms with Crippen molar-refractivity contribution in [3.8, 4) is 0 Å². The third-order valence-corrected chi connectivity index (χ3v) is 8.08. The van der Waals surface area contributed by atoms with Crippen molar-refractivity contribution in [2.24, 2.45) is 12.2 Å². The Balaban J connectivity index is 0. The SMILES string of the molecule is CO/N=C(\C(=O)NC1C(=O)N2C(C(=O)[O-])=C(CSc3nc(=O)c(=O)[n-]n3C)CS[C@H]12)c1csc(N)n1.O.O.O.[Na+].[Na+]. The van der Waals surface area contributed by atoms with Gasteiger partial charge in [-0.05, 0) is 12.6 Å². The van der Waals surface area contributed by atoms with Gasteiger partial charge < -0.3 is 56.8 Å². The molecule has 0 spiro atoms. The van der Waals surface area contributed by atoms with Crippen molar-refractivity contribution < 1.29 is 99.9 Å². The molecule has 2 amide bonds. The first-order chi connectivity index (χ1) is 17.1. The number of thioether (sulfide) groups is 2. The number of oxime groups is 1. The summed E-state index contributed by atoms with van der Waals surface area (Å²) in [4.78, 5) is 73.8. The fourth-order valence-electron chi connectivity index (χ4n) is 3.39. The van der Waals surface area contributed by atoms with Crippen LogP contribution < -0.4 is 91.5 Å². The fraction of sp³-hybridized carbons (Fsp3) is 0.333. The molecule has 2 aliphatic heterocycles. The van der Waals surface area contributed by atoms with E-state index in [-0.39, 0.29) is 114 Å². The Morgan fingerprint density at radius 2 is 1.93 bits per heavy atom. The van der Waals surface area contributed by atoms with Gasteiger partial charge in [-0.1, -0.05) is 16.9 Å². The molecule has 41 heavy (non-hydrogen) atoms. The van der Waals surface area contributed by atoms with Gasteiger partial charge in [0.05, 0.1) is 11.7 Å². The molecule has 0 bridgehead atoms. The number of aromatic nitrogens is 4. The van der Waals surface area contributed by atoms with E-state index in [9.17, 15) is 29.1 Å². The van der Waals surface area contributed by atoms with E-state index in [1.165, 1.54) is 31.3 Å². The molecule has 214 valence electrons. The third kappa shape index (κ3) is 8.64. The third-order valence-electron chi connectivity index (χ3n) is 4.96. The van der Waals surface area contributed by atoms with Gasteiger partial charge in [0.2, 0.25) is 0 Å². The Morgan fingerprint density at radius 1 is 1.27 bits per heavy atom. The summed E-state index contributed by atoms with van der Waals surface area (Å²) in [5, 5.41) is 22.8. The van der Waals surface area contributed by atoms with Gasteiger partial charge in [-0.15, -0.1) is 23.1 Å². The second kappa shape index (κ2) is 17.4. The minimum atomic E-state index is -1.57. The second-order valence-corrected chi connectivity index (χ2v) is 10.1. The van der Waals surface area contributed by atoms with Crippen LogP contribution in [0.3, 0.4) is 0 Å². The number of aryl methyl sites for hydroxylation is 1. The maximum atomic E-state index is 12.9. The van der Waals surface area contributed by atoms with Crippen LogP contribution in [-0.4, -0.2) is 89.5 Å². The zero-order chi connectivity index (χ0) is 26.1. The Kier molecular flexibility index (Phi) is 17.5. The first kappa shape index (κ1) is 41.4. The summed E-state index contributed by atoms with van der Waals surface area (Å²) in [6.07, 6.45) is 0. The molecule has 9 N–H and O–H groups in total. The van der Waals surface area contributed by atoms with Crippen molar-refractivity contribution in [1.29, 1.82) is 0 Å². The van der Waals surface area contributed by atoms with E-state index < -0.39 is 40.3 Å². The van der Waals surface area contributed by atoms with Crippen LogP contribution in [0, 0.1) is 0 Å². The van der Waals surface area contributed by atoms with Crippen LogP contribution in [-0.2, 0) is 26.3 Å². The van der Waals surface area contributed by atoms with Crippen molar-refractivity contribution in [3.05, 3.63) is 43.1 Å². The molecular weight excluding hydrogens is 630 g/mol. The molecule has 0 aromatic carbocycles. The molecule has 0 aliphatic carbocycles. The molecular formula is C18H22N8Na2O10S3. The molecule has 1 unspecified atom stereocenters. The van der Waals surface area contributed by atoms with Gasteiger partial charge in [0.1, 0.15) is 24.2 Å². The predicted octanol–water partition coefficient (Wildman–Crippen LogP) is -11.8. The summed E-state index contributed by atoms with van der Waals surface area (Å²) in [7, 11) is 2.66. The number of anilines is 1. The summed E-state index contributed by atoms with van der Waals surface area (Å²) in [6.45, 7) is 0. The van der Waals surface area contributed by atoms with Crippen molar-refractivity contribution in [3.63, 3.8) is 0 Å². The van der Waals surface area contributed by atoms with Crippen LogP contribution in [0.4, 0.5) is 5.13 Å². The zero-order valence-corrected chi connectivity index (χ0v) is 28.4. The number of β-lactam (4-membered cyclic amide) rings is 1. The number of carbonyl (C=O) groups is 3. The minimum absolute atomic E-state index is 0. The van der Waals surface area contributed by atoms with Crippen LogP contribution in [0.15, 0.2) is 36.6 Å². The van der Waals surface area contributed by atoms with Crippen molar-refractivity contribution in [2.45, 2.75) is 16.6 Å². The smallest absolute Gasteiger partial charge is 0.554 e. The first-order valence-electron chi connectivity index (χ1n) is 9.89. The van der Waals surface area contributed by atoms with Crippen LogP contribution in [0.25, 0.3) is 0 Å². The van der Waals surface area contributed by atoms with E-state index in [1.54, 1.807) is 0 Å². The molecule has 2 aromatic rings. The van der Waals surface area contributed by atoms with Gasteiger partial charge in [-0.2, -0.15) is 4.98 Å². The molecule has 1 fully saturated rings. The molecule has 2 atom stereocenters. The molecule has 2 aliphatic rings. The van der Waals surface area contributed by atoms with E-state index in [0.717, 1.165) is 32.7 Å². The summed E-state index contributed by atoms with van der Waals surface area (Å²) in [6, 6.07) is -1.03. The second-order valence-electron chi connectivity index (χ2n) is 7.21. The van der Waals surface area contributed by atoms with Gasteiger partial charge in [-0.3, -0.25) is 19.3 Å². The Bertz CT molecular complexity index is 1450. The topological polar surface area (TPSA) is 311 Å². The number of nitrogens with one attached hydrogen (secondary N) is 1. The van der Waals surface area contributed by atoms with E-state index in [2.05, 4.69) is 25.5 Å². The average molecular weight is 653 g/mol. The summed E-state index contributed by atoms with van der Waals surface area (Å²) in [5.74, 6) is -2.73. The first-order valence-corrected chi connectivity index (χ1v) is 12.8. The van der Waals surface area contributed by atoms with Crippen molar-refractivity contribution in [2.75, 3.05) is 24.3 Å². The summed E-state index contributed by atoms with van der Waals surface area (Å²) < 4.78 is 1.11. The Morgan fingerprint density at radius 3 is 2.49 bits per heavy atom. The largest absolute Gasteiger partial charge is 1.00 e. The number of rotatable bonds is 8. The van der Waals surface area contributed by atoms with E-state index in [1.807, 2.05) is 0 Å². The molecule has 2 aromatic heterocycles. The zero-order valence-electron chi connectivity index (χ0n) is 22.0. The number of fused-ring (bicyclic) bond motifs is 1. The maximum absolute atomic E-state index is 12.9. The molecule has 4 rings (SSSR count). The van der Waals surface area contributed by atoms with Crippen LogP contribution in [0.1, 0.15) is 5.69 Å². The minimum Gasteiger partial charge on any atom is -0.554 e. The number of nitrogens with zero attached hydrogens (tertiary/aromatic N) is 6. The van der Waals surface area contributed by atoms with Gasteiger partial charge >= 0.3 is 59.1 Å². The maximum Gasteiger partial charge on any atom is 1.00 e. The number of carboxylic acid groups (broad SMARTS) is 1. The molecule has 0 saturated carbocycles. The number of nitrogen functional groups attached to an aromatic ring is 1. The van der Waals surface area contributed by atoms with Gasteiger partial charge in [0, 0.05) is 16.9 Å². The number of nitrogens with two attached hydrogens (primary N) is 1. The quantitative estimate of drug-likeness (QED) is 0.0669. The standard InChI is InChI=1S/C18H18N8O7S3.2Na.3H2O/c1-25-18(22-12(28)13(29)23-25)36-4-6-3-34-15-9(14(30)26(15)10(6)16(31)32)21-11(27)8(24-33-2)7-5-35-17(19)20-7;;;;;/h5,9,15H,3-4H2,1-2H3,(H5,19,20,21,23,27,29,31,32);;;3*1H2/q;2*+1;;;/p-2/b24-8-;;;;;/t9?,15-;;;;;/m1...../s1. The van der Waals surface area contributed by atoms with Gasteiger partial charge in [0.25, 0.3) is 17.4 Å². The number of hydrogen-bond donors (Lipinski definition) is 2. The average Bonchev–Trinajstić information content (AvgIpc) is 3.27. The number of hydrogen-bond acceptors (Lipinski definition) is 14. The normalized spacial score (nSPS) is 17.2. The van der Waals surface area contributed by atoms with Crippen LogP contribution in [0.5, 0.6) is 0 Å². The molecule has 1 saturated heterocycles. The fourth-order valence-corrected chi connectivity index (χ4v) is 6.33. The monoisotopic (exact) mass is 652 g/mol. The predicted molar refractivity (Wildman–Crippen MR) is 138 cm³/mol. The van der Waals surface area contributed by atoms with E-state index >= 15 is 0 Å². The number of carbonyl (C=O) groups excluding carboxylic acids is 3. The number of carboxylic acids is 1. The van der Waals surface area contributed by atoms with Crippen molar-refractivity contribution >= 4 is 63.5 Å². The number of amides is 2. The molecule has 0 radical (unpaired) electrons. The number of aliphatic carboxylic acids is 1. The Labute approximate surface area is 287 Å². The number of thiazole rings is 1. The Hall–Kier alpha value is -1.76. The van der Waals surface area contributed by atoms with E-state index in [0.29, 0.717) is 5.57 Å². The van der Waals surface area contributed by atoms with Crippen LogP contribution in [0.2, 0.25) is 0 Å². The van der Waals surface area contributed by atoms with Gasteiger partial charge in [-0.25, -0.2) is 4.98 Å². The van der Waals surface area contributed by atoms with E-state index in [4.69, 9.17) is 10.6 Å². The molecule has 23 heteroatoms. The van der Waals surface area contributed by atoms with Crippen molar-refractivity contribution in [1.82, 2.24) is 30.0 Å².